The summed E-state index contributed by atoms with van der Waals surface area (Å²) >= 11 is 0. The van der Waals surface area contributed by atoms with Crippen molar-refractivity contribution in [3.63, 3.8) is 0 Å². The third-order valence-corrected chi connectivity index (χ3v) is 3.20. The lowest BCUT2D eigenvalue weighted by atomic mass is 10.0. The molecule has 1 fully saturated rings. The zero-order chi connectivity index (χ0) is 10.3. The summed E-state index contributed by atoms with van der Waals surface area (Å²) in [6.45, 7) is 1.87. The Bertz CT molecular complexity index is 380. The molecule has 0 amide bonds. The zero-order valence-electron chi connectivity index (χ0n) is 8.65. The lowest BCUT2D eigenvalue weighted by Gasteiger charge is -2.41. The Morgan fingerprint density at radius 3 is 3.33 bits per heavy atom. The van der Waals surface area contributed by atoms with Gasteiger partial charge in [-0.2, -0.15) is 0 Å². The van der Waals surface area contributed by atoms with Gasteiger partial charge in [-0.15, -0.1) is 0 Å². The number of hydrogen-bond acceptors (Lipinski definition) is 4. The molecule has 0 aromatic carbocycles. The number of anilines is 2. The lowest BCUT2D eigenvalue weighted by Crippen LogP contribution is -2.46. The van der Waals surface area contributed by atoms with Gasteiger partial charge < -0.3 is 15.4 Å². The van der Waals surface area contributed by atoms with E-state index in [0.717, 1.165) is 24.7 Å². The second kappa shape index (κ2) is 3.29. The highest BCUT2D eigenvalue weighted by Crippen LogP contribution is 2.36. The van der Waals surface area contributed by atoms with E-state index in [4.69, 9.17) is 10.5 Å². The fraction of sp³-hybridized carbons (Fsp3) is 0.545. The van der Waals surface area contributed by atoms with Crippen molar-refractivity contribution in [1.82, 2.24) is 4.98 Å². The summed E-state index contributed by atoms with van der Waals surface area (Å²) in [6.07, 6.45) is 5.43. The molecular weight excluding hydrogens is 190 g/mol. The summed E-state index contributed by atoms with van der Waals surface area (Å²) in [6, 6.07) is 2.50. The van der Waals surface area contributed by atoms with Crippen LogP contribution in [0.3, 0.4) is 0 Å². The number of ether oxygens (including phenoxy) is 1. The predicted octanol–water partition coefficient (Wildman–Crippen LogP) is 1.42. The number of nitrogens with zero attached hydrogens (tertiary/aromatic N) is 2. The van der Waals surface area contributed by atoms with Crippen LogP contribution < -0.4 is 15.4 Å². The number of nitrogen functional groups attached to an aromatic ring is 1. The first-order chi connectivity index (χ1) is 7.34. The Balaban J connectivity index is 2.01. The van der Waals surface area contributed by atoms with Gasteiger partial charge in [0.2, 0.25) is 5.88 Å². The molecule has 2 N–H and O–H groups in total. The maximum absolute atomic E-state index is 5.76. The second-order valence-electron chi connectivity index (χ2n) is 4.25. The zero-order valence-corrected chi connectivity index (χ0v) is 8.65. The molecule has 0 radical (unpaired) electrons. The molecule has 0 saturated carbocycles. The summed E-state index contributed by atoms with van der Waals surface area (Å²) < 4.78 is 5.64. The molecule has 1 aromatic rings. The third-order valence-electron chi connectivity index (χ3n) is 3.20. The Morgan fingerprint density at radius 2 is 2.40 bits per heavy atom. The molecule has 0 spiro atoms. The van der Waals surface area contributed by atoms with E-state index in [-0.39, 0.29) is 0 Å². The van der Waals surface area contributed by atoms with Crippen molar-refractivity contribution in [2.24, 2.45) is 0 Å². The molecule has 0 unspecified atom stereocenters. The predicted molar refractivity (Wildman–Crippen MR) is 59.1 cm³/mol. The Morgan fingerprint density at radius 1 is 1.47 bits per heavy atom. The van der Waals surface area contributed by atoms with E-state index in [1.807, 2.05) is 6.07 Å². The number of nitrogens with two attached hydrogens (primary N) is 1. The number of hydrogen-bond donors (Lipinski definition) is 1. The Hall–Kier alpha value is -1.45. The van der Waals surface area contributed by atoms with Crippen LogP contribution in [0.5, 0.6) is 5.88 Å². The van der Waals surface area contributed by atoms with E-state index in [1.54, 1.807) is 6.20 Å². The minimum Gasteiger partial charge on any atom is -0.474 e. The number of fused-ring (bicyclic) bond motifs is 3. The topological polar surface area (TPSA) is 51.4 Å². The molecule has 0 aliphatic carbocycles. The van der Waals surface area contributed by atoms with Crippen LogP contribution in [-0.2, 0) is 0 Å². The van der Waals surface area contributed by atoms with Crippen LogP contribution in [0.15, 0.2) is 12.3 Å². The van der Waals surface area contributed by atoms with Gasteiger partial charge in [0.05, 0.1) is 17.9 Å². The van der Waals surface area contributed by atoms with Gasteiger partial charge in [-0.3, -0.25) is 0 Å². The molecular formula is C11H15N3O. The Labute approximate surface area is 89.0 Å². The van der Waals surface area contributed by atoms with Crippen molar-refractivity contribution < 1.29 is 4.74 Å². The van der Waals surface area contributed by atoms with Crippen LogP contribution in [0.2, 0.25) is 0 Å². The quantitative estimate of drug-likeness (QED) is 0.696. The molecule has 0 bridgehead atoms. The minimum absolute atomic E-state index is 0.523. The van der Waals surface area contributed by atoms with E-state index in [1.165, 1.54) is 19.3 Å². The van der Waals surface area contributed by atoms with Gasteiger partial charge in [0.25, 0.3) is 0 Å². The molecule has 3 rings (SSSR count). The highest BCUT2D eigenvalue weighted by atomic mass is 16.5. The fourth-order valence-corrected chi connectivity index (χ4v) is 2.44. The molecule has 4 nitrogen and oxygen atoms in total. The van der Waals surface area contributed by atoms with Crippen molar-refractivity contribution in [2.45, 2.75) is 25.3 Å². The summed E-state index contributed by atoms with van der Waals surface area (Å²) in [5, 5.41) is 0. The van der Waals surface area contributed by atoms with Crippen LogP contribution in [0.1, 0.15) is 19.3 Å². The monoisotopic (exact) mass is 205 g/mol. The van der Waals surface area contributed by atoms with Crippen molar-refractivity contribution in [3.8, 4) is 5.88 Å². The summed E-state index contributed by atoms with van der Waals surface area (Å²) in [4.78, 5) is 6.62. The molecule has 3 heterocycles. The SMILES string of the molecule is Nc1cnc2c(c1)N1CCCC[C@H]1CO2. The summed E-state index contributed by atoms with van der Waals surface area (Å²) in [7, 11) is 0. The van der Waals surface area contributed by atoms with E-state index in [0.29, 0.717) is 11.7 Å². The van der Waals surface area contributed by atoms with Crippen molar-refractivity contribution >= 4 is 11.4 Å². The third kappa shape index (κ3) is 1.40. The number of aromatic nitrogens is 1. The van der Waals surface area contributed by atoms with Gasteiger partial charge in [-0.25, -0.2) is 4.98 Å². The van der Waals surface area contributed by atoms with Crippen LogP contribution >= 0.6 is 0 Å². The van der Waals surface area contributed by atoms with Gasteiger partial charge in [0.15, 0.2) is 0 Å². The number of pyridine rings is 1. The molecule has 1 saturated heterocycles. The van der Waals surface area contributed by atoms with Gasteiger partial charge in [-0.1, -0.05) is 0 Å². The fourth-order valence-electron chi connectivity index (χ4n) is 2.44. The van der Waals surface area contributed by atoms with E-state index in [9.17, 15) is 0 Å². The molecule has 4 heteroatoms. The van der Waals surface area contributed by atoms with Crippen molar-refractivity contribution in [2.75, 3.05) is 23.8 Å². The molecule has 1 aromatic heterocycles. The van der Waals surface area contributed by atoms with Crippen LogP contribution in [0.25, 0.3) is 0 Å². The molecule has 80 valence electrons. The van der Waals surface area contributed by atoms with Gasteiger partial charge in [0.1, 0.15) is 12.3 Å². The van der Waals surface area contributed by atoms with E-state index in [2.05, 4.69) is 9.88 Å². The highest BCUT2D eigenvalue weighted by molar-refractivity contribution is 5.63. The number of rotatable bonds is 0. The van der Waals surface area contributed by atoms with Crippen LogP contribution in [-0.4, -0.2) is 24.2 Å². The van der Waals surface area contributed by atoms with Crippen molar-refractivity contribution in [1.29, 1.82) is 0 Å². The second-order valence-corrected chi connectivity index (χ2v) is 4.25. The Kier molecular flexibility index (Phi) is 1.94. The van der Waals surface area contributed by atoms with Crippen LogP contribution in [0, 0.1) is 0 Å². The molecule has 2 aliphatic heterocycles. The molecule has 15 heavy (non-hydrogen) atoms. The maximum Gasteiger partial charge on any atom is 0.237 e. The lowest BCUT2D eigenvalue weighted by molar-refractivity contribution is 0.232. The first kappa shape index (κ1) is 8.83. The maximum atomic E-state index is 5.76. The van der Waals surface area contributed by atoms with Crippen LogP contribution in [0.4, 0.5) is 11.4 Å². The standard InChI is InChI=1S/C11H15N3O/c12-8-5-10-11(13-6-8)15-7-9-3-1-2-4-14(9)10/h5-6,9H,1-4,7,12H2/t9-/m0/s1. The van der Waals surface area contributed by atoms with Crippen molar-refractivity contribution in [3.05, 3.63) is 12.3 Å². The average Bonchev–Trinajstić information content (AvgIpc) is 2.29. The number of piperidine rings is 1. The first-order valence-corrected chi connectivity index (χ1v) is 5.49. The van der Waals surface area contributed by atoms with E-state index < -0.39 is 0 Å². The summed E-state index contributed by atoms with van der Waals surface area (Å²) in [5.74, 6) is 0.738. The highest BCUT2D eigenvalue weighted by Gasteiger charge is 2.30. The largest absolute Gasteiger partial charge is 0.474 e. The van der Waals surface area contributed by atoms with Gasteiger partial charge in [-0.05, 0) is 25.3 Å². The van der Waals surface area contributed by atoms with Gasteiger partial charge >= 0.3 is 0 Å². The van der Waals surface area contributed by atoms with E-state index >= 15 is 0 Å². The smallest absolute Gasteiger partial charge is 0.237 e. The average molecular weight is 205 g/mol. The normalized spacial score (nSPS) is 24.0. The molecule has 1 atom stereocenters. The molecule has 2 aliphatic rings. The van der Waals surface area contributed by atoms with Gasteiger partial charge in [0, 0.05) is 6.54 Å². The minimum atomic E-state index is 0.523. The first-order valence-electron chi connectivity index (χ1n) is 5.49. The summed E-state index contributed by atoms with van der Waals surface area (Å²) in [5.41, 5.74) is 7.55.